The van der Waals surface area contributed by atoms with Crippen LogP contribution in [0.1, 0.15) is 22.6 Å². The average molecular weight is 407 g/mol. The van der Waals surface area contributed by atoms with Gasteiger partial charge in [-0.2, -0.15) is 13.2 Å². The minimum atomic E-state index is -5.21. The van der Waals surface area contributed by atoms with E-state index in [1.165, 1.54) is 19.3 Å². The lowest BCUT2D eigenvalue weighted by Gasteiger charge is -2.29. The molecule has 0 aliphatic carbocycles. The SMILES string of the molecule is Cn1ccnc1C(O)(CC(=O)NNC(=O)c1cc(Cl)ccc1O)C(F)(F)F. The maximum atomic E-state index is 13.4. The van der Waals surface area contributed by atoms with Crippen molar-refractivity contribution in [2.45, 2.75) is 18.2 Å². The van der Waals surface area contributed by atoms with E-state index in [0.29, 0.717) is 0 Å². The van der Waals surface area contributed by atoms with Gasteiger partial charge >= 0.3 is 6.18 Å². The number of aryl methyl sites for hydroxylation is 1. The largest absolute Gasteiger partial charge is 0.507 e. The molecule has 0 aliphatic rings. The summed E-state index contributed by atoms with van der Waals surface area (Å²) >= 11 is 5.69. The smallest absolute Gasteiger partial charge is 0.425 e. The van der Waals surface area contributed by atoms with Crippen LogP contribution >= 0.6 is 11.6 Å². The van der Waals surface area contributed by atoms with Gasteiger partial charge in [-0.1, -0.05) is 11.6 Å². The summed E-state index contributed by atoms with van der Waals surface area (Å²) in [6, 6.07) is 3.53. The molecule has 146 valence electrons. The van der Waals surface area contributed by atoms with Crippen LogP contribution in [0.4, 0.5) is 13.2 Å². The number of hydrogen-bond donors (Lipinski definition) is 4. The van der Waals surface area contributed by atoms with Crippen LogP contribution in [0.15, 0.2) is 30.6 Å². The summed E-state index contributed by atoms with van der Waals surface area (Å²) in [4.78, 5) is 27.3. The molecule has 2 aromatic rings. The number of hydrogen-bond acceptors (Lipinski definition) is 5. The first-order valence-corrected chi connectivity index (χ1v) is 7.68. The van der Waals surface area contributed by atoms with Gasteiger partial charge in [0.25, 0.3) is 5.91 Å². The van der Waals surface area contributed by atoms with E-state index in [-0.39, 0.29) is 10.6 Å². The zero-order chi connectivity index (χ0) is 20.4. The Kier molecular flexibility index (Phi) is 5.66. The third kappa shape index (κ3) is 4.31. The van der Waals surface area contributed by atoms with E-state index in [0.717, 1.165) is 22.9 Å². The maximum Gasteiger partial charge on any atom is 0.425 e. The molecule has 4 N–H and O–H groups in total. The van der Waals surface area contributed by atoms with Crippen molar-refractivity contribution in [1.29, 1.82) is 0 Å². The number of hydrazine groups is 1. The molecule has 1 unspecified atom stereocenters. The van der Waals surface area contributed by atoms with Gasteiger partial charge in [0.05, 0.1) is 12.0 Å². The highest BCUT2D eigenvalue weighted by atomic mass is 35.5. The molecule has 12 heteroatoms. The Bertz CT molecular complexity index is 871. The molecule has 0 aliphatic heterocycles. The van der Waals surface area contributed by atoms with Crippen molar-refractivity contribution in [2.75, 3.05) is 0 Å². The van der Waals surface area contributed by atoms with E-state index in [4.69, 9.17) is 11.6 Å². The Morgan fingerprint density at radius 2 is 1.96 bits per heavy atom. The number of imidazole rings is 1. The van der Waals surface area contributed by atoms with Gasteiger partial charge in [-0.15, -0.1) is 0 Å². The molecule has 1 atom stereocenters. The number of phenolic OH excluding ortho intramolecular Hbond substituents is 1. The summed E-state index contributed by atoms with van der Waals surface area (Å²) in [5.74, 6) is -3.60. The van der Waals surface area contributed by atoms with Crippen molar-refractivity contribution in [2.24, 2.45) is 7.05 Å². The van der Waals surface area contributed by atoms with Crippen LogP contribution in [-0.2, 0) is 17.4 Å². The van der Waals surface area contributed by atoms with Crippen molar-refractivity contribution in [3.8, 4) is 5.75 Å². The summed E-state index contributed by atoms with van der Waals surface area (Å²) in [5.41, 5.74) is -0.294. The second kappa shape index (κ2) is 7.45. The Morgan fingerprint density at radius 3 is 2.52 bits per heavy atom. The Balaban J connectivity index is 2.12. The lowest BCUT2D eigenvalue weighted by atomic mass is 9.97. The van der Waals surface area contributed by atoms with Gasteiger partial charge in [-0.25, -0.2) is 4.98 Å². The first-order chi connectivity index (χ1) is 12.5. The van der Waals surface area contributed by atoms with Gasteiger partial charge in [-0.05, 0) is 18.2 Å². The lowest BCUT2D eigenvalue weighted by Crippen LogP contribution is -2.50. The number of aliphatic hydroxyl groups is 1. The van der Waals surface area contributed by atoms with Crippen LogP contribution in [0.5, 0.6) is 5.75 Å². The molecular weight excluding hydrogens is 393 g/mol. The molecule has 0 spiro atoms. The van der Waals surface area contributed by atoms with Gasteiger partial charge < -0.3 is 14.8 Å². The molecule has 1 heterocycles. The molecule has 0 saturated carbocycles. The molecule has 0 radical (unpaired) electrons. The van der Waals surface area contributed by atoms with E-state index in [1.807, 2.05) is 5.43 Å². The predicted molar refractivity (Wildman–Crippen MR) is 86.5 cm³/mol. The number of nitrogens with one attached hydrogen (secondary N) is 2. The average Bonchev–Trinajstić information content (AvgIpc) is 3.00. The zero-order valence-corrected chi connectivity index (χ0v) is 14.5. The van der Waals surface area contributed by atoms with Crippen LogP contribution < -0.4 is 10.9 Å². The van der Waals surface area contributed by atoms with Gasteiger partial charge in [-0.3, -0.25) is 20.4 Å². The number of carbonyl (C=O) groups excluding carboxylic acids is 2. The zero-order valence-electron chi connectivity index (χ0n) is 13.7. The molecule has 0 saturated heterocycles. The lowest BCUT2D eigenvalue weighted by molar-refractivity contribution is -0.271. The van der Waals surface area contributed by atoms with Gasteiger partial charge in [0.2, 0.25) is 11.5 Å². The number of carbonyl (C=O) groups is 2. The van der Waals surface area contributed by atoms with Crippen molar-refractivity contribution in [3.63, 3.8) is 0 Å². The second-order valence-electron chi connectivity index (χ2n) is 5.56. The van der Waals surface area contributed by atoms with E-state index < -0.39 is 41.6 Å². The topological polar surface area (TPSA) is 116 Å². The molecule has 1 aromatic heterocycles. The predicted octanol–water partition coefficient (Wildman–Crippen LogP) is 1.38. The van der Waals surface area contributed by atoms with E-state index in [9.17, 15) is 33.0 Å². The summed E-state index contributed by atoms with van der Waals surface area (Å²) < 4.78 is 41.0. The van der Waals surface area contributed by atoms with Crippen molar-refractivity contribution in [3.05, 3.63) is 47.0 Å². The van der Waals surface area contributed by atoms with Crippen LogP contribution in [0.2, 0.25) is 5.02 Å². The summed E-state index contributed by atoms with van der Waals surface area (Å²) in [6.07, 6.45) is -4.46. The summed E-state index contributed by atoms with van der Waals surface area (Å²) in [5, 5.41) is 19.8. The Labute approximate surface area is 155 Å². The number of rotatable bonds is 4. The van der Waals surface area contributed by atoms with Crippen molar-refractivity contribution < 1.29 is 33.0 Å². The minimum absolute atomic E-state index is 0.116. The third-order valence-corrected chi connectivity index (χ3v) is 3.83. The number of halogens is 4. The normalized spacial score (nSPS) is 13.7. The first-order valence-electron chi connectivity index (χ1n) is 7.30. The fraction of sp³-hybridized carbons (Fsp3) is 0.267. The second-order valence-corrected chi connectivity index (χ2v) is 6.00. The van der Waals surface area contributed by atoms with Gasteiger partial charge in [0, 0.05) is 24.5 Å². The van der Waals surface area contributed by atoms with Crippen LogP contribution in [-0.4, -0.2) is 37.8 Å². The number of benzene rings is 1. The van der Waals surface area contributed by atoms with E-state index in [2.05, 4.69) is 4.98 Å². The van der Waals surface area contributed by atoms with Crippen molar-refractivity contribution >= 4 is 23.4 Å². The van der Waals surface area contributed by atoms with E-state index in [1.54, 1.807) is 5.43 Å². The first kappa shape index (κ1) is 20.5. The summed E-state index contributed by atoms with van der Waals surface area (Å²) in [6.45, 7) is 0. The third-order valence-electron chi connectivity index (χ3n) is 3.60. The molecule has 1 aromatic carbocycles. The number of phenols is 1. The van der Waals surface area contributed by atoms with Crippen LogP contribution in [0.3, 0.4) is 0 Å². The highest BCUT2D eigenvalue weighted by Gasteiger charge is 2.58. The Morgan fingerprint density at radius 1 is 1.30 bits per heavy atom. The van der Waals surface area contributed by atoms with Gasteiger partial charge in [0.15, 0.2) is 5.82 Å². The molecule has 0 fully saturated rings. The number of aromatic hydroxyl groups is 1. The van der Waals surface area contributed by atoms with Crippen LogP contribution in [0, 0.1) is 0 Å². The molecular formula is C15H14ClF3N4O4. The quantitative estimate of drug-likeness (QED) is 0.572. The fourth-order valence-corrected chi connectivity index (χ4v) is 2.40. The standard InChI is InChI=1S/C15H14ClF3N4O4/c1-23-5-4-20-13(23)14(27,15(17,18)19)7-11(25)21-22-12(26)9-6-8(16)2-3-10(9)24/h2-6,24,27H,7H2,1H3,(H,21,25)(H,22,26). The molecule has 2 amide bonds. The fourth-order valence-electron chi connectivity index (χ4n) is 2.23. The highest BCUT2D eigenvalue weighted by molar-refractivity contribution is 6.31. The van der Waals surface area contributed by atoms with E-state index >= 15 is 0 Å². The number of nitrogens with zero attached hydrogens (tertiary/aromatic N) is 2. The summed E-state index contributed by atoms with van der Waals surface area (Å²) in [7, 11) is 1.22. The molecule has 2 rings (SSSR count). The minimum Gasteiger partial charge on any atom is -0.507 e. The highest BCUT2D eigenvalue weighted by Crippen LogP contribution is 2.40. The maximum absolute atomic E-state index is 13.4. The monoisotopic (exact) mass is 406 g/mol. The number of alkyl halides is 3. The van der Waals surface area contributed by atoms with Crippen molar-refractivity contribution in [1.82, 2.24) is 20.4 Å². The Hall–Kier alpha value is -2.79. The molecule has 0 bridgehead atoms. The number of aromatic nitrogens is 2. The van der Waals surface area contributed by atoms with Crippen LogP contribution in [0.25, 0.3) is 0 Å². The van der Waals surface area contributed by atoms with Gasteiger partial charge in [0.1, 0.15) is 5.75 Å². The molecule has 27 heavy (non-hydrogen) atoms. The number of amides is 2. The molecule has 8 nitrogen and oxygen atoms in total.